The summed E-state index contributed by atoms with van der Waals surface area (Å²) in [6, 6.07) is 0. The second-order valence-electron chi connectivity index (χ2n) is 6.27. The molecule has 176 valence electrons. The lowest BCUT2D eigenvalue weighted by Gasteiger charge is -2.29. The van der Waals surface area contributed by atoms with Crippen molar-refractivity contribution in [1.82, 2.24) is 0 Å². The van der Waals surface area contributed by atoms with Crippen LogP contribution in [0.25, 0.3) is 0 Å². The molecule has 0 amide bonds. The Morgan fingerprint density at radius 1 is 1.13 bits per heavy atom. The third-order valence-electron chi connectivity index (χ3n) is 3.87. The summed E-state index contributed by atoms with van der Waals surface area (Å²) in [6.45, 7) is 4.66. The van der Waals surface area contributed by atoms with Gasteiger partial charge < -0.3 is 4.18 Å². The van der Waals surface area contributed by atoms with Gasteiger partial charge in [-0.3, -0.25) is 14.1 Å². The van der Waals surface area contributed by atoms with Crippen molar-refractivity contribution >= 4 is 31.8 Å². The van der Waals surface area contributed by atoms with Crippen molar-refractivity contribution in [3.8, 4) is 0 Å². The first kappa shape index (κ1) is 26.8. The molecular weight excluding hydrogens is 486 g/mol. The van der Waals surface area contributed by atoms with E-state index in [1.807, 2.05) is 0 Å². The minimum atomic E-state index is -7.15. The van der Waals surface area contributed by atoms with Crippen LogP contribution in [0.1, 0.15) is 19.8 Å². The van der Waals surface area contributed by atoms with Crippen molar-refractivity contribution in [2.24, 2.45) is 5.92 Å². The largest absolute Gasteiger partial charge is 0.450 e. The van der Waals surface area contributed by atoms with Crippen molar-refractivity contribution in [1.29, 1.82) is 0 Å². The average Bonchev–Trinajstić information content (AvgIpc) is 2.60. The van der Waals surface area contributed by atoms with Crippen LogP contribution in [0.15, 0.2) is 36.1 Å². The number of carbonyl (C=O) groups excluding carboxylic acids is 2. The number of halogens is 6. The molecule has 1 unspecified atom stereocenters. The molecule has 0 aliphatic heterocycles. The molecule has 0 saturated heterocycles. The minimum absolute atomic E-state index is 0.0728. The number of alkyl halides is 6. The maximum Gasteiger partial charge on any atom is 0.450 e. The van der Waals surface area contributed by atoms with Crippen LogP contribution < -0.4 is 0 Å². The standard InChI is InChI=1S/C15H14F6O8S2/c1-8(2)11(22)7-12(23)9-3-5-10(6-4-9)29-31(27,28)15(20,21)13(16,17)14(18,19)30(24,25)26/h3,5-6,9H,1,4,7H2,2H3,(H,24,25,26). The lowest BCUT2D eigenvalue weighted by Crippen LogP contribution is -2.60. The molecule has 8 nitrogen and oxygen atoms in total. The SMILES string of the molecule is C=C(C)C(=O)CC(=O)C1C=CC(OS(=O)(=O)C(F)(F)C(F)(F)C(F)(F)S(=O)(=O)O)=CC1. The monoisotopic (exact) mass is 500 g/mol. The van der Waals surface area contributed by atoms with Crippen LogP contribution in [-0.4, -0.2) is 49.4 Å². The van der Waals surface area contributed by atoms with E-state index in [1.54, 1.807) is 0 Å². The average molecular weight is 500 g/mol. The number of hydrogen-bond acceptors (Lipinski definition) is 7. The number of ketones is 2. The van der Waals surface area contributed by atoms with Crippen LogP contribution in [0, 0.1) is 5.92 Å². The molecule has 0 spiro atoms. The van der Waals surface area contributed by atoms with Gasteiger partial charge in [-0.05, 0) is 31.1 Å². The Morgan fingerprint density at radius 3 is 2.03 bits per heavy atom. The molecule has 0 aromatic heterocycles. The normalized spacial score (nSPS) is 18.3. The van der Waals surface area contributed by atoms with E-state index in [-0.39, 0.29) is 5.57 Å². The van der Waals surface area contributed by atoms with Gasteiger partial charge in [0.25, 0.3) is 0 Å². The number of rotatable bonds is 10. The Kier molecular flexibility index (Phi) is 7.26. The maximum atomic E-state index is 13.7. The van der Waals surface area contributed by atoms with Crippen molar-refractivity contribution in [2.45, 2.75) is 36.2 Å². The fraction of sp³-hybridized carbons (Fsp3) is 0.467. The van der Waals surface area contributed by atoms with Crippen molar-refractivity contribution < 1.29 is 61.5 Å². The second-order valence-corrected chi connectivity index (χ2v) is 9.33. The maximum absolute atomic E-state index is 13.7. The van der Waals surface area contributed by atoms with Gasteiger partial charge in [-0.1, -0.05) is 12.7 Å². The molecule has 1 atom stereocenters. The number of carbonyl (C=O) groups is 2. The summed E-state index contributed by atoms with van der Waals surface area (Å²) in [4.78, 5) is 23.4. The lowest BCUT2D eigenvalue weighted by atomic mass is 9.92. The van der Waals surface area contributed by atoms with E-state index in [4.69, 9.17) is 4.55 Å². The topological polar surface area (TPSA) is 132 Å². The first-order valence-corrected chi connectivity index (χ1v) is 10.7. The van der Waals surface area contributed by atoms with Crippen molar-refractivity contribution in [2.75, 3.05) is 0 Å². The van der Waals surface area contributed by atoms with Gasteiger partial charge in [-0.2, -0.15) is 43.2 Å². The first-order chi connectivity index (χ1) is 13.7. The summed E-state index contributed by atoms with van der Waals surface area (Å²) in [5, 5.41) is -13.7. The summed E-state index contributed by atoms with van der Waals surface area (Å²) in [6.07, 6.45) is 1.13. The van der Waals surface area contributed by atoms with E-state index in [0.717, 1.165) is 6.08 Å². The zero-order valence-electron chi connectivity index (χ0n) is 15.3. The molecule has 1 aliphatic carbocycles. The lowest BCUT2D eigenvalue weighted by molar-refractivity contribution is -0.247. The predicted octanol–water partition coefficient (Wildman–Crippen LogP) is 2.61. The summed E-state index contributed by atoms with van der Waals surface area (Å²) >= 11 is 0. The third-order valence-corrected chi connectivity index (χ3v) is 6.07. The fourth-order valence-corrected chi connectivity index (χ4v) is 3.45. The van der Waals surface area contributed by atoms with E-state index in [2.05, 4.69) is 10.8 Å². The van der Waals surface area contributed by atoms with E-state index < -0.39 is 72.8 Å². The van der Waals surface area contributed by atoms with E-state index in [9.17, 15) is 52.8 Å². The molecule has 1 N–H and O–H groups in total. The van der Waals surface area contributed by atoms with Gasteiger partial charge in [0, 0.05) is 5.92 Å². The van der Waals surface area contributed by atoms with Crippen LogP contribution >= 0.6 is 0 Å². The van der Waals surface area contributed by atoms with Gasteiger partial charge in [0.1, 0.15) is 11.5 Å². The number of allylic oxidation sites excluding steroid dienone is 4. The highest BCUT2D eigenvalue weighted by Gasteiger charge is 2.83. The molecule has 1 aliphatic rings. The molecule has 0 radical (unpaired) electrons. The molecule has 0 aromatic rings. The Balaban J connectivity index is 3.07. The minimum Gasteiger partial charge on any atom is -0.378 e. The molecule has 31 heavy (non-hydrogen) atoms. The van der Waals surface area contributed by atoms with Gasteiger partial charge in [-0.25, -0.2) is 0 Å². The van der Waals surface area contributed by atoms with Crippen LogP contribution in [0.5, 0.6) is 0 Å². The number of Topliss-reactive ketones (excluding diaryl/α,β-unsaturated/α-hetero) is 2. The van der Waals surface area contributed by atoms with E-state index in [0.29, 0.717) is 12.2 Å². The fourth-order valence-electron chi connectivity index (χ4n) is 2.01. The molecular formula is C15H14F6O8S2. The highest BCUT2D eigenvalue weighted by molar-refractivity contribution is 7.88. The Morgan fingerprint density at radius 2 is 1.65 bits per heavy atom. The molecule has 0 saturated carbocycles. The molecule has 0 aromatic carbocycles. The van der Waals surface area contributed by atoms with Crippen LogP contribution in [0.4, 0.5) is 26.3 Å². The molecule has 16 heteroatoms. The van der Waals surface area contributed by atoms with Crippen molar-refractivity contribution in [3.63, 3.8) is 0 Å². The third kappa shape index (κ3) is 5.01. The highest BCUT2D eigenvalue weighted by atomic mass is 32.2. The van der Waals surface area contributed by atoms with Crippen molar-refractivity contribution in [3.05, 3.63) is 36.1 Å². The Hall–Kier alpha value is -2.20. The van der Waals surface area contributed by atoms with Crippen LogP contribution in [0.2, 0.25) is 0 Å². The zero-order valence-corrected chi connectivity index (χ0v) is 17.0. The molecule has 0 heterocycles. The van der Waals surface area contributed by atoms with Gasteiger partial charge >= 0.3 is 36.7 Å². The predicted molar refractivity (Wildman–Crippen MR) is 91.2 cm³/mol. The van der Waals surface area contributed by atoms with Gasteiger partial charge in [0.2, 0.25) is 0 Å². The first-order valence-electron chi connectivity index (χ1n) is 7.83. The zero-order chi connectivity index (χ0) is 24.6. The summed E-state index contributed by atoms with van der Waals surface area (Å²) in [5.41, 5.74) is 0.0728. The quantitative estimate of drug-likeness (QED) is 0.159. The van der Waals surface area contributed by atoms with Gasteiger partial charge in [0.05, 0.1) is 6.42 Å². The van der Waals surface area contributed by atoms with Gasteiger partial charge in [0.15, 0.2) is 5.78 Å². The summed E-state index contributed by atoms with van der Waals surface area (Å²) in [7, 11) is -14.1. The van der Waals surface area contributed by atoms with Crippen LogP contribution in [-0.2, 0) is 34.0 Å². The molecule has 0 bridgehead atoms. The summed E-state index contributed by atoms with van der Waals surface area (Å²) < 4.78 is 136. The second kappa shape index (κ2) is 8.38. The van der Waals surface area contributed by atoms with E-state index >= 15 is 0 Å². The highest BCUT2D eigenvalue weighted by Crippen LogP contribution is 2.51. The molecule has 1 rings (SSSR count). The molecule has 0 fully saturated rings. The smallest absolute Gasteiger partial charge is 0.378 e. The van der Waals surface area contributed by atoms with E-state index in [1.165, 1.54) is 6.92 Å². The number of hydrogen-bond donors (Lipinski definition) is 1. The Labute approximate surface area is 172 Å². The summed E-state index contributed by atoms with van der Waals surface area (Å²) in [5.74, 6) is -10.5. The van der Waals surface area contributed by atoms with Gasteiger partial charge in [-0.15, -0.1) is 0 Å². The van der Waals surface area contributed by atoms with Crippen LogP contribution in [0.3, 0.4) is 0 Å². The Bertz CT molecular complexity index is 1060.